The third-order valence-electron chi connectivity index (χ3n) is 4.16. The van der Waals surface area contributed by atoms with Crippen LogP contribution >= 0.6 is 0 Å². The highest BCUT2D eigenvalue weighted by Gasteiger charge is 2.25. The molecule has 3 rings (SSSR count). The van der Waals surface area contributed by atoms with E-state index in [1.807, 2.05) is 38.1 Å². The van der Waals surface area contributed by atoms with Gasteiger partial charge in [-0.2, -0.15) is 0 Å². The Morgan fingerprint density at radius 3 is 2.65 bits per heavy atom. The van der Waals surface area contributed by atoms with Crippen LogP contribution in [-0.4, -0.2) is 34.3 Å². The summed E-state index contributed by atoms with van der Waals surface area (Å²) >= 11 is 0. The van der Waals surface area contributed by atoms with E-state index in [1.54, 1.807) is 0 Å². The van der Waals surface area contributed by atoms with Crippen molar-refractivity contribution in [3.63, 3.8) is 0 Å². The Morgan fingerprint density at radius 2 is 1.95 bits per heavy atom. The van der Waals surface area contributed by atoms with Gasteiger partial charge in [-0.3, -0.25) is 0 Å². The van der Waals surface area contributed by atoms with Crippen LogP contribution in [0.2, 0.25) is 0 Å². The Labute approximate surface area is 119 Å². The van der Waals surface area contributed by atoms with Gasteiger partial charge in [0.05, 0.1) is 22.8 Å². The first-order valence-corrected chi connectivity index (χ1v) is 7.31. The minimum absolute atomic E-state index is 0.258. The van der Waals surface area contributed by atoms with E-state index in [2.05, 4.69) is 9.88 Å². The lowest BCUT2D eigenvalue weighted by Crippen LogP contribution is -2.40. The number of piperidine rings is 1. The van der Waals surface area contributed by atoms with Gasteiger partial charge in [0, 0.05) is 19.0 Å². The molecule has 4 nitrogen and oxygen atoms in total. The van der Waals surface area contributed by atoms with Crippen molar-refractivity contribution in [1.29, 1.82) is 0 Å². The van der Waals surface area contributed by atoms with Crippen molar-refractivity contribution in [2.45, 2.75) is 32.8 Å². The predicted molar refractivity (Wildman–Crippen MR) is 80.9 cm³/mol. The molecule has 4 heteroatoms. The van der Waals surface area contributed by atoms with Crippen molar-refractivity contribution in [3.05, 3.63) is 30.0 Å². The molecule has 2 aromatic rings. The zero-order chi connectivity index (χ0) is 14.1. The zero-order valence-electron chi connectivity index (χ0n) is 12.1. The highest BCUT2D eigenvalue weighted by molar-refractivity contribution is 5.76. The molecule has 0 radical (unpaired) electrons. The number of benzene rings is 1. The molecule has 1 N–H and O–H groups in total. The van der Waals surface area contributed by atoms with Crippen LogP contribution in [0, 0.1) is 12.8 Å². The summed E-state index contributed by atoms with van der Waals surface area (Å²) in [7, 11) is 0. The molecule has 2 atom stereocenters. The summed E-state index contributed by atoms with van der Waals surface area (Å²) in [5.74, 6) is 1.30. The zero-order valence-corrected chi connectivity index (χ0v) is 12.1. The van der Waals surface area contributed by atoms with Crippen molar-refractivity contribution in [2.24, 2.45) is 5.92 Å². The summed E-state index contributed by atoms with van der Waals surface area (Å²) in [4.78, 5) is 11.7. The third-order valence-corrected chi connectivity index (χ3v) is 4.16. The molecule has 1 saturated heterocycles. The SMILES string of the molecule is Cc1nc2ccccc2nc1N1CCCC(C(C)O)C1. The lowest BCUT2D eigenvalue weighted by atomic mass is 9.93. The average molecular weight is 271 g/mol. The van der Waals surface area contributed by atoms with Gasteiger partial charge in [-0.05, 0) is 38.8 Å². The van der Waals surface area contributed by atoms with Crippen LogP contribution in [0.3, 0.4) is 0 Å². The number of nitrogens with zero attached hydrogens (tertiary/aromatic N) is 3. The Hall–Kier alpha value is -1.68. The lowest BCUT2D eigenvalue weighted by molar-refractivity contribution is 0.115. The molecular weight excluding hydrogens is 250 g/mol. The van der Waals surface area contributed by atoms with Gasteiger partial charge in [-0.25, -0.2) is 9.97 Å². The molecule has 106 valence electrons. The van der Waals surface area contributed by atoms with Crippen LogP contribution in [0.25, 0.3) is 11.0 Å². The van der Waals surface area contributed by atoms with Crippen molar-refractivity contribution in [3.8, 4) is 0 Å². The summed E-state index contributed by atoms with van der Waals surface area (Å²) in [6.45, 7) is 5.76. The normalized spacial score (nSPS) is 21.1. The van der Waals surface area contributed by atoms with Gasteiger partial charge in [0.15, 0.2) is 5.82 Å². The largest absolute Gasteiger partial charge is 0.393 e. The van der Waals surface area contributed by atoms with Crippen LogP contribution in [-0.2, 0) is 0 Å². The molecule has 0 spiro atoms. The van der Waals surface area contributed by atoms with Crippen molar-refractivity contribution in [2.75, 3.05) is 18.0 Å². The fourth-order valence-corrected chi connectivity index (χ4v) is 2.97. The van der Waals surface area contributed by atoms with E-state index in [0.717, 1.165) is 48.5 Å². The summed E-state index contributed by atoms with van der Waals surface area (Å²) in [6, 6.07) is 7.97. The number of hydrogen-bond donors (Lipinski definition) is 1. The molecule has 0 aliphatic carbocycles. The lowest BCUT2D eigenvalue weighted by Gasteiger charge is -2.35. The van der Waals surface area contributed by atoms with E-state index >= 15 is 0 Å². The molecule has 20 heavy (non-hydrogen) atoms. The first kappa shape index (κ1) is 13.3. The Morgan fingerprint density at radius 1 is 1.25 bits per heavy atom. The van der Waals surface area contributed by atoms with Crippen LogP contribution in [0.1, 0.15) is 25.5 Å². The number of aromatic nitrogens is 2. The highest BCUT2D eigenvalue weighted by Crippen LogP contribution is 2.26. The van der Waals surface area contributed by atoms with Crippen molar-refractivity contribution < 1.29 is 5.11 Å². The van der Waals surface area contributed by atoms with Crippen LogP contribution in [0.15, 0.2) is 24.3 Å². The molecule has 1 aliphatic heterocycles. The Balaban J connectivity index is 1.94. The number of rotatable bonds is 2. The van der Waals surface area contributed by atoms with E-state index in [1.165, 1.54) is 0 Å². The van der Waals surface area contributed by atoms with Gasteiger partial charge in [0.25, 0.3) is 0 Å². The maximum absolute atomic E-state index is 9.82. The van der Waals surface area contributed by atoms with Crippen LogP contribution in [0.5, 0.6) is 0 Å². The number of aryl methyl sites for hydroxylation is 1. The number of aliphatic hydroxyl groups is 1. The van der Waals surface area contributed by atoms with E-state index in [9.17, 15) is 5.11 Å². The molecule has 1 aromatic heterocycles. The summed E-state index contributed by atoms with van der Waals surface area (Å²) in [5.41, 5.74) is 2.85. The minimum atomic E-state index is -0.258. The molecule has 1 aliphatic rings. The minimum Gasteiger partial charge on any atom is -0.393 e. The quantitative estimate of drug-likeness (QED) is 0.912. The van der Waals surface area contributed by atoms with Gasteiger partial charge in [0.1, 0.15) is 0 Å². The second kappa shape index (κ2) is 5.37. The molecule has 0 saturated carbocycles. The fraction of sp³-hybridized carbons (Fsp3) is 0.500. The fourth-order valence-electron chi connectivity index (χ4n) is 2.97. The smallest absolute Gasteiger partial charge is 0.150 e. The number of aliphatic hydroxyl groups excluding tert-OH is 1. The maximum atomic E-state index is 9.82. The molecule has 1 fully saturated rings. The second-order valence-electron chi connectivity index (χ2n) is 5.71. The van der Waals surface area contributed by atoms with Crippen LogP contribution < -0.4 is 4.90 Å². The average Bonchev–Trinajstić information content (AvgIpc) is 2.46. The number of hydrogen-bond acceptors (Lipinski definition) is 4. The monoisotopic (exact) mass is 271 g/mol. The summed E-state index contributed by atoms with van der Waals surface area (Å²) in [5, 5.41) is 9.82. The van der Waals surface area contributed by atoms with Crippen molar-refractivity contribution >= 4 is 16.9 Å². The molecule has 2 heterocycles. The van der Waals surface area contributed by atoms with Crippen LogP contribution in [0.4, 0.5) is 5.82 Å². The number of fused-ring (bicyclic) bond motifs is 1. The first-order valence-electron chi connectivity index (χ1n) is 7.31. The maximum Gasteiger partial charge on any atom is 0.150 e. The summed E-state index contributed by atoms with van der Waals surface area (Å²) in [6.07, 6.45) is 1.93. The Kier molecular flexibility index (Phi) is 3.57. The Bertz CT molecular complexity index is 612. The number of anilines is 1. The summed E-state index contributed by atoms with van der Waals surface area (Å²) < 4.78 is 0. The van der Waals surface area contributed by atoms with E-state index in [-0.39, 0.29) is 6.10 Å². The topological polar surface area (TPSA) is 49.2 Å². The molecular formula is C16H21N3O. The van der Waals surface area contributed by atoms with Gasteiger partial charge in [-0.15, -0.1) is 0 Å². The molecule has 2 unspecified atom stereocenters. The predicted octanol–water partition coefficient (Wildman–Crippen LogP) is 2.54. The van der Waals surface area contributed by atoms with Gasteiger partial charge in [0.2, 0.25) is 0 Å². The molecule has 0 bridgehead atoms. The van der Waals surface area contributed by atoms with E-state index in [4.69, 9.17) is 4.98 Å². The third kappa shape index (κ3) is 2.48. The standard InChI is InChI=1S/C16H21N3O/c1-11-16(18-15-8-4-3-7-14(15)17-11)19-9-5-6-13(10-19)12(2)20/h3-4,7-8,12-13,20H,5-6,9-10H2,1-2H3. The van der Waals surface area contributed by atoms with Gasteiger partial charge in [-0.1, -0.05) is 12.1 Å². The molecule has 1 aromatic carbocycles. The van der Waals surface area contributed by atoms with Gasteiger partial charge < -0.3 is 10.0 Å². The van der Waals surface area contributed by atoms with Crippen molar-refractivity contribution in [1.82, 2.24) is 9.97 Å². The highest BCUT2D eigenvalue weighted by atomic mass is 16.3. The number of para-hydroxylation sites is 2. The van der Waals surface area contributed by atoms with E-state index < -0.39 is 0 Å². The second-order valence-corrected chi connectivity index (χ2v) is 5.71. The first-order chi connectivity index (χ1) is 9.65. The van der Waals surface area contributed by atoms with E-state index in [0.29, 0.717) is 5.92 Å². The molecule has 0 amide bonds. The van der Waals surface area contributed by atoms with Gasteiger partial charge >= 0.3 is 0 Å².